The van der Waals surface area contributed by atoms with Gasteiger partial charge in [-0.05, 0) is 75.2 Å². The molecule has 0 N–H and O–H groups in total. The molecular weight excluding hydrogens is 254 g/mol. The van der Waals surface area contributed by atoms with Gasteiger partial charge in [0, 0.05) is 0 Å². The van der Waals surface area contributed by atoms with Crippen LogP contribution in [0.2, 0.25) is 0 Å². The summed E-state index contributed by atoms with van der Waals surface area (Å²) < 4.78 is 0. The molecule has 1 nitrogen and oxygen atoms in total. The van der Waals surface area contributed by atoms with Crippen molar-refractivity contribution < 1.29 is 0 Å². The van der Waals surface area contributed by atoms with Gasteiger partial charge in [-0.25, -0.2) is 0 Å². The van der Waals surface area contributed by atoms with E-state index in [0.717, 1.165) is 0 Å². The van der Waals surface area contributed by atoms with Gasteiger partial charge in [-0.2, -0.15) is 0 Å². The van der Waals surface area contributed by atoms with E-state index in [4.69, 9.17) is 0 Å². The zero-order valence-corrected chi connectivity index (χ0v) is 14.5. The monoisotopic (exact) mass is 287 g/mol. The van der Waals surface area contributed by atoms with E-state index in [1.165, 1.54) is 74.8 Å². The van der Waals surface area contributed by atoms with Crippen molar-refractivity contribution in [1.82, 2.24) is 4.90 Å². The zero-order valence-electron chi connectivity index (χ0n) is 14.5. The predicted octanol–water partition coefficient (Wildman–Crippen LogP) is 5.10. The summed E-state index contributed by atoms with van der Waals surface area (Å²) in [4.78, 5) is 2.65. The first-order valence-corrected chi connectivity index (χ1v) is 8.78. The maximum absolute atomic E-state index is 2.65. The Bertz CT molecular complexity index is 436. The smallest absolute Gasteiger partial charge is 0.00186 e. The van der Waals surface area contributed by atoms with Crippen LogP contribution >= 0.6 is 0 Å². The second-order valence-electron chi connectivity index (χ2n) is 7.82. The SMILES string of the molecule is Cc1cc(CCCCN2CCCCC2)cc(C(C)(C)C)c1. The molecule has 0 saturated carbocycles. The predicted molar refractivity (Wildman–Crippen MR) is 93.1 cm³/mol. The maximum atomic E-state index is 2.65. The second-order valence-corrected chi connectivity index (χ2v) is 7.82. The fourth-order valence-corrected chi connectivity index (χ4v) is 3.29. The minimum Gasteiger partial charge on any atom is -0.303 e. The molecule has 0 aliphatic carbocycles. The maximum Gasteiger partial charge on any atom is -0.00186 e. The van der Waals surface area contributed by atoms with Crippen molar-refractivity contribution in [1.29, 1.82) is 0 Å². The Balaban J connectivity index is 1.81. The minimum absolute atomic E-state index is 0.259. The number of nitrogens with zero attached hydrogens (tertiary/aromatic N) is 1. The Morgan fingerprint density at radius 3 is 2.33 bits per heavy atom. The third-order valence-electron chi connectivity index (χ3n) is 4.64. The first kappa shape index (κ1) is 16.5. The van der Waals surface area contributed by atoms with E-state index in [0.29, 0.717) is 0 Å². The molecule has 0 amide bonds. The lowest BCUT2D eigenvalue weighted by Crippen LogP contribution is -2.30. The van der Waals surface area contributed by atoms with Crippen LogP contribution < -0.4 is 0 Å². The number of aryl methyl sites for hydroxylation is 2. The van der Waals surface area contributed by atoms with Crippen molar-refractivity contribution in [2.45, 2.75) is 71.6 Å². The van der Waals surface area contributed by atoms with Crippen molar-refractivity contribution in [3.63, 3.8) is 0 Å². The van der Waals surface area contributed by atoms with E-state index in [2.05, 4.69) is 50.8 Å². The van der Waals surface area contributed by atoms with Gasteiger partial charge in [0.15, 0.2) is 0 Å². The van der Waals surface area contributed by atoms with Crippen molar-refractivity contribution in [3.8, 4) is 0 Å². The van der Waals surface area contributed by atoms with Crippen molar-refractivity contribution in [2.24, 2.45) is 0 Å². The first-order chi connectivity index (χ1) is 9.95. The molecule has 21 heavy (non-hydrogen) atoms. The van der Waals surface area contributed by atoms with E-state index in [1.807, 2.05) is 0 Å². The van der Waals surface area contributed by atoms with Crippen molar-refractivity contribution in [2.75, 3.05) is 19.6 Å². The van der Waals surface area contributed by atoms with Crippen LogP contribution in [0.5, 0.6) is 0 Å². The Morgan fingerprint density at radius 1 is 0.952 bits per heavy atom. The van der Waals surface area contributed by atoms with Gasteiger partial charge in [-0.3, -0.25) is 0 Å². The first-order valence-electron chi connectivity index (χ1n) is 8.78. The summed E-state index contributed by atoms with van der Waals surface area (Å²) in [5.74, 6) is 0. The van der Waals surface area contributed by atoms with Gasteiger partial charge in [0.25, 0.3) is 0 Å². The molecule has 1 aromatic carbocycles. The fraction of sp³-hybridized carbons (Fsp3) is 0.700. The summed E-state index contributed by atoms with van der Waals surface area (Å²) in [6.07, 6.45) is 8.16. The van der Waals surface area contributed by atoms with Crippen LogP contribution in [0.4, 0.5) is 0 Å². The molecule has 0 radical (unpaired) electrons. The number of hydrogen-bond donors (Lipinski definition) is 0. The lowest BCUT2D eigenvalue weighted by molar-refractivity contribution is 0.225. The van der Waals surface area contributed by atoms with Crippen LogP contribution in [0.1, 0.15) is 69.6 Å². The summed E-state index contributed by atoms with van der Waals surface area (Å²) in [6, 6.07) is 7.14. The van der Waals surface area contributed by atoms with Crippen LogP contribution in [-0.2, 0) is 11.8 Å². The molecule has 2 rings (SSSR count). The van der Waals surface area contributed by atoms with Crippen molar-refractivity contribution in [3.05, 3.63) is 34.9 Å². The summed E-state index contributed by atoms with van der Waals surface area (Å²) >= 11 is 0. The molecule has 1 fully saturated rings. The normalized spacial score (nSPS) is 17.1. The van der Waals surface area contributed by atoms with Gasteiger partial charge < -0.3 is 4.90 Å². The molecule has 1 saturated heterocycles. The van der Waals surface area contributed by atoms with Crippen LogP contribution in [-0.4, -0.2) is 24.5 Å². The van der Waals surface area contributed by atoms with Crippen LogP contribution in [0, 0.1) is 6.92 Å². The number of rotatable bonds is 5. The van der Waals surface area contributed by atoms with Crippen LogP contribution in [0.3, 0.4) is 0 Å². The molecule has 0 unspecified atom stereocenters. The number of likely N-dealkylation sites (tertiary alicyclic amines) is 1. The molecule has 1 aliphatic heterocycles. The second kappa shape index (κ2) is 7.45. The standard InChI is InChI=1S/C20H33N/c1-17-14-18(16-19(15-17)20(2,3)4)10-6-9-13-21-11-7-5-8-12-21/h14-16H,5-13H2,1-4H3. The molecule has 118 valence electrons. The van der Waals surface area contributed by atoms with E-state index >= 15 is 0 Å². The van der Waals surface area contributed by atoms with Crippen LogP contribution in [0.15, 0.2) is 18.2 Å². The van der Waals surface area contributed by atoms with E-state index in [-0.39, 0.29) is 5.41 Å². The number of benzene rings is 1. The molecule has 0 spiro atoms. The highest BCUT2D eigenvalue weighted by atomic mass is 15.1. The fourth-order valence-electron chi connectivity index (χ4n) is 3.29. The largest absolute Gasteiger partial charge is 0.303 e. The Labute approximate surface area is 131 Å². The van der Waals surface area contributed by atoms with E-state index < -0.39 is 0 Å². The van der Waals surface area contributed by atoms with E-state index in [9.17, 15) is 0 Å². The highest BCUT2D eigenvalue weighted by molar-refractivity contribution is 5.33. The minimum atomic E-state index is 0.259. The number of unbranched alkanes of at least 4 members (excludes halogenated alkanes) is 1. The van der Waals surface area contributed by atoms with Gasteiger partial charge in [-0.1, -0.05) is 51.0 Å². The highest BCUT2D eigenvalue weighted by Gasteiger charge is 2.14. The van der Waals surface area contributed by atoms with Gasteiger partial charge in [0.05, 0.1) is 0 Å². The van der Waals surface area contributed by atoms with E-state index in [1.54, 1.807) is 0 Å². The lowest BCUT2D eigenvalue weighted by Gasteiger charge is -2.26. The molecule has 1 heterocycles. The highest BCUT2D eigenvalue weighted by Crippen LogP contribution is 2.25. The van der Waals surface area contributed by atoms with Gasteiger partial charge in [0.1, 0.15) is 0 Å². The lowest BCUT2D eigenvalue weighted by atomic mass is 9.84. The average molecular weight is 287 g/mol. The molecule has 1 aromatic rings. The summed E-state index contributed by atoms with van der Waals surface area (Å²) in [6.45, 7) is 13.1. The molecule has 1 aliphatic rings. The summed E-state index contributed by atoms with van der Waals surface area (Å²) in [7, 11) is 0. The zero-order chi connectivity index (χ0) is 15.3. The third kappa shape index (κ3) is 5.47. The Hall–Kier alpha value is -0.820. The quantitative estimate of drug-likeness (QED) is 0.681. The van der Waals surface area contributed by atoms with Gasteiger partial charge in [0.2, 0.25) is 0 Å². The molecule has 0 bridgehead atoms. The molecule has 0 atom stereocenters. The van der Waals surface area contributed by atoms with Crippen molar-refractivity contribution >= 4 is 0 Å². The van der Waals surface area contributed by atoms with Gasteiger partial charge in [-0.15, -0.1) is 0 Å². The van der Waals surface area contributed by atoms with Crippen LogP contribution in [0.25, 0.3) is 0 Å². The topological polar surface area (TPSA) is 3.24 Å². The molecule has 0 aromatic heterocycles. The average Bonchev–Trinajstić information content (AvgIpc) is 2.43. The Kier molecular flexibility index (Phi) is 5.87. The number of hydrogen-bond acceptors (Lipinski definition) is 1. The molecular formula is C20H33N. The number of piperidine rings is 1. The third-order valence-corrected chi connectivity index (χ3v) is 4.64. The molecule has 1 heteroatoms. The Morgan fingerprint density at radius 2 is 1.67 bits per heavy atom. The van der Waals surface area contributed by atoms with Gasteiger partial charge >= 0.3 is 0 Å². The summed E-state index contributed by atoms with van der Waals surface area (Å²) in [5, 5.41) is 0. The summed E-state index contributed by atoms with van der Waals surface area (Å²) in [5.41, 5.74) is 4.68.